The summed E-state index contributed by atoms with van der Waals surface area (Å²) in [6.07, 6.45) is 4.81. The average molecular weight is 275 g/mol. The predicted molar refractivity (Wildman–Crippen MR) is 82.7 cm³/mol. The molecule has 0 spiro atoms. The summed E-state index contributed by atoms with van der Waals surface area (Å²) >= 11 is 0. The first kappa shape index (κ1) is 14.9. The van der Waals surface area contributed by atoms with Gasteiger partial charge < -0.3 is 16.0 Å². The van der Waals surface area contributed by atoms with Crippen LogP contribution < -0.4 is 16.0 Å². The molecular weight excluding hydrogens is 250 g/mol. The van der Waals surface area contributed by atoms with Crippen LogP contribution in [0.4, 0.5) is 5.69 Å². The molecule has 0 aromatic heterocycles. The number of nitrogens with one attached hydrogen (secondary N) is 1. The molecule has 1 aliphatic rings. The molecule has 1 aliphatic carbocycles. The van der Waals surface area contributed by atoms with E-state index in [1.165, 1.54) is 24.0 Å². The summed E-state index contributed by atoms with van der Waals surface area (Å²) in [5, 5.41) is 3.16. The van der Waals surface area contributed by atoms with Crippen LogP contribution >= 0.6 is 0 Å². The summed E-state index contributed by atoms with van der Waals surface area (Å²) in [5.74, 6) is -0.254. The van der Waals surface area contributed by atoms with Gasteiger partial charge in [0.1, 0.15) is 0 Å². The molecule has 1 amide bonds. The maximum atomic E-state index is 11.4. The second kappa shape index (κ2) is 6.75. The molecule has 1 saturated carbocycles. The number of hydrogen-bond donors (Lipinski definition) is 2. The lowest BCUT2D eigenvalue weighted by Gasteiger charge is -2.31. The van der Waals surface area contributed by atoms with Gasteiger partial charge in [-0.1, -0.05) is 25.0 Å². The fourth-order valence-electron chi connectivity index (χ4n) is 3.15. The van der Waals surface area contributed by atoms with Crippen molar-refractivity contribution in [2.75, 3.05) is 18.5 Å². The lowest BCUT2D eigenvalue weighted by atomic mass is 10.1. The third-order valence-electron chi connectivity index (χ3n) is 4.04. The molecule has 0 unspecified atom stereocenters. The zero-order valence-corrected chi connectivity index (χ0v) is 12.5. The number of hydrogen-bond acceptors (Lipinski definition) is 3. The molecule has 4 heteroatoms. The molecule has 3 N–H and O–H groups in total. The molecule has 20 heavy (non-hydrogen) atoms. The fourth-order valence-corrected chi connectivity index (χ4v) is 3.15. The molecule has 1 aromatic carbocycles. The Morgan fingerprint density at radius 3 is 2.65 bits per heavy atom. The minimum Gasteiger partial charge on any atom is -0.368 e. The predicted octanol–water partition coefficient (Wildman–Crippen LogP) is 1.95. The number of carbonyl (C=O) groups excluding carboxylic acids is 1. The Bertz CT molecular complexity index is 467. The Kier molecular flexibility index (Phi) is 5.01. The van der Waals surface area contributed by atoms with Crippen LogP contribution in [0.5, 0.6) is 0 Å². The van der Waals surface area contributed by atoms with Crippen molar-refractivity contribution in [3.05, 3.63) is 29.3 Å². The number of anilines is 1. The second-order valence-corrected chi connectivity index (χ2v) is 5.68. The van der Waals surface area contributed by atoms with Gasteiger partial charge in [-0.15, -0.1) is 0 Å². The number of nitrogens with zero attached hydrogens (tertiary/aromatic N) is 1. The molecule has 0 heterocycles. The molecule has 0 saturated heterocycles. The summed E-state index contributed by atoms with van der Waals surface area (Å²) in [5.41, 5.74) is 9.06. The van der Waals surface area contributed by atoms with Gasteiger partial charge in [-0.05, 0) is 44.0 Å². The van der Waals surface area contributed by atoms with Gasteiger partial charge in [-0.3, -0.25) is 4.79 Å². The van der Waals surface area contributed by atoms with E-state index in [9.17, 15) is 4.79 Å². The second-order valence-electron chi connectivity index (χ2n) is 5.68. The first-order valence-electron chi connectivity index (χ1n) is 7.41. The quantitative estimate of drug-likeness (QED) is 0.834. The van der Waals surface area contributed by atoms with Gasteiger partial charge in [0.05, 0.1) is 6.54 Å². The average Bonchev–Trinajstić information content (AvgIpc) is 2.90. The van der Waals surface area contributed by atoms with Crippen molar-refractivity contribution in [3.8, 4) is 0 Å². The standard InChI is InChI=1S/C16H25N3O/c1-12-9-13(10-18-2)7-8-15(12)19(11-16(17)20)14-5-3-4-6-14/h7-9,14,18H,3-6,10-11H2,1-2H3,(H2,17,20). The lowest BCUT2D eigenvalue weighted by Crippen LogP contribution is -2.40. The number of rotatable bonds is 6. The van der Waals surface area contributed by atoms with Crippen LogP contribution in [-0.4, -0.2) is 25.5 Å². The molecule has 1 aromatic rings. The zero-order valence-electron chi connectivity index (χ0n) is 12.5. The normalized spacial score (nSPS) is 15.5. The van der Waals surface area contributed by atoms with Crippen molar-refractivity contribution in [2.45, 2.75) is 45.2 Å². The van der Waals surface area contributed by atoms with Crippen molar-refractivity contribution >= 4 is 11.6 Å². The van der Waals surface area contributed by atoms with E-state index in [1.54, 1.807) is 0 Å². The van der Waals surface area contributed by atoms with Crippen LogP contribution in [-0.2, 0) is 11.3 Å². The van der Waals surface area contributed by atoms with E-state index >= 15 is 0 Å². The number of aryl methyl sites for hydroxylation is 1. The lowest BCUT2D eigenvalue weighted by molar-refractivity contribution is -0.116. The number of benzene rings is 1. The van der Waals surface area contributed by atoms with Crippen LogP contribution in [0.25, 0.3) is 0 Å². The van der Waals surface area contributed by atoms with Crippen molar-refractivity contribution in [2.24, 2.45) is 5.73 Å². The third kappa shape index (κ3) is 3.51. The van der Waals surface area contributed by atoms with Gasteiger partial charge in [0.15, 0.2) is 0 Å². The van der Waals surface area contributed by atoms with E-state index in [-0.39, 0.29) is 5.91 Å². The van der Waals surface area contributed by atoms with Crippen LogP contribution in [0.15, 0.2) is 18.2 Å². The molecule has 110 valence electrons. The van der Waals surface area contributed by atoms with Gasteiger partial charge in [0.25, 0.3) is 0 Å². The van der Waals surface area contributed by atoms with E-state index in [0.717, 1.165) is 25.1 Å². The zero-order chi connectivity index (χ0) is 14.5. The van der Waals surface area contributed by atoms with Crippen LogP contribution in [0.1, 0.15) is 36.8 Å². The number of amides is 1. The molecule has 0 aliphatic heterocycles. The minimum atomic E-state index is -0.254. The Morgan fingerprint density at radius 1 is 1.40 bits per heavy atom. The Hall–Kier alpha value is -1.55. The van der Waals surface area contributed by atoms with Crippen molar-refractivity contribution < 1.29 is 4.79 Å². The molecule has 0 bridgehead atoms. The Labute approximate surface area is 121 Å². The van der Waals surface area contributed by atoms with E-state index < -0.39 is 0 Å². The first-order chi connectivity index (χ1) is 9.61. The largest absolute Gasteiger partial charge is 0.368 e. The molecular formula is C16H25N3O. The van der Waals surface area contributed by atoms with E-state index in [2.05, 4.69) is 35.3 Å². The van der Waals surface area contributed by atoms with Crippen molar-refractivity contribution in [3.63, 3.8) is 0 Å². The number of primary amides is 1. The first-order valence-corrected chi connectivity index (χ1v) is 7.41. The summed E-state index contributed by atoms with van der Waals surface area (Å²) in [7, 11) is 1.95. The maximum Gasteiger partial charge on any atom is 0.236 e. The van der Waals surface area contributed by atoms with Crippen molar-refractivity contribution in [1.29, 1.82) is 0 Å². The van der Waals surface area contributed by atoms with E-state index in [4.69, 9.17) is 5.73 Å². The van der Waals surface area contributed by atoms with Gasteiger partial charge in [0.2, 0.25) is 5.91 Å². The Balaban J connectivity index is 2.25. The number of carbonyl (C=O) groups is 1. The molecule has 0 atom stereocenters. The molecule has 2 rings (SSSR count). The van der Waals surface area contributed by atoms with E-state index in [1.807, 2.05) is 7.05 Å². The fraction of sp³-hybridized carbons (Fsp3) is 0.562. The van der Waals surface area contributed by atoms with Crippen LogP contribution in [0, 0.1) is 6.92 Å². The SMILES string of the molecule is CNCc1ccc(N(CC(N)=O)C2CCCC2)c(C)c1. The summed E-state index contributed by atoms with van der Waals surface area (Å²) in [6.45, 7) is 3.29. The number of nitrogens with two attached hydrogens (primary N) is 1. The monoisotopic (exact) mass is 275 g/mol. The van der Waals surface area contributed by atoms with Gasteiger partial charge in [0, 0.05) is 18.3 Å². The van der Waals surface area contributed by atoms with Crippen LogP contribution in [0.3, 0.4) is 0 Å². The Morgan fingerprint density at radius 2 is 2.10 bits per heavy atom. The summed E-state index contributed by atoms with van der Waals surface area (Å²) in [4.78, 5) is 13.6. The highest BCUT2D eigenvalue weighted by Crippen LogP contribution is 2.30. The minimum absolute atomic E-state index is 0.254. The topological polar surface area (TPSA) is 58.4 Å². The van der Waals surface area contributed by atoms with Gasteiger partial charge >= 0.3 is 0 Å². The maximum absolute atomic E-state index is 11.4. The highest BCUT2D eigenvalue weighted by Gasteiger charge is 2.25. The molecule has 1 fully saturated rings. The summed E-state index contributed by atoms with van der Waals surface area (Å²) in [6, 6.07) is 6.90. The molecule has 4 nitrogen and oxygen atoms in total. The summed E-state index contributed by atoms with van der Waals surface area (Å²) < 4.78 is 0. The van der Waals surface area contributed by atoms with Gasteiger partial charge in [-0.25, -0.2) is 0 Å². The van der Waals surface area contributed by atoms with E-state index in [0.29, 0.717) is 12.6 Å². The van der Waals surface area contributed by atoms with Gasteiger partial charge in [-0.2, -0.15) is 0 Å². The highest BCUT2D eigenvalue weighted by molar-refractivity contribution is 5.80. The third-order valence-corrected chi connectivity index (χ3v) is 4.04. The smallest absolute Gasteiger partial charge is 0.236 e. The highest BCUT2D eigenvalue weighted by atomic mass is 16.1. The molecule has 0 radical (unpaired) electrons. The van der Waals surface area contributed by atoms with Crippen molar-refractivity contribution in [1.82, 2.24) is 5.32 Å². The van der Waals surface area contributed by atoms with Crippen LogP contribution in [0.2, 0.25) is 0 Å².